The van der Waals surface area contributed by atoms with Gasteiger partial charge in [-0.1, -0.05) is 6.92 Å². The summed E-state index contributed by atoms with van der Waals surface area (Å²) in [5.74, 6) is 0.781. The molecule has 0 aromatic heterocycles. The van der Waals surface area contributed by atoms with E-state index in [4.69, 9.17) is 4.74 Å². The van der Waals surface area contributed by atoms with E-state index in [-0.39, 0.29) is 0 Å². The topological polar surface area (TPSA) is 24.5 Å². The van der Waals surface area contributed by atoms with E-state index in [1.807, 2.05) is 0 Å². The van der Waals surface area contributed by atoms with Crippen molar-refractivity contribution in [1.82, 2.24) is 10.2 Å². The van der Waals surface area contributed by atoms with Gasteiger partial charge in [0.2, 0.25) is 0 Å². The van der Waals surface area contributed by atoms with E-state index in [1.165, 1.54) is 25.9 Å². The largest absolute Gasteiger partial charge is 0.381 e. The van der Waals surface area contributed by atoms with Crippen molar-refractivity contribution >= 4 is 0 Å². The molecular weight excluding hydrogens is 188 g/mol. The molecule has 0 aromatic carbocycles. The van der Waals surface area contributed by atoms with Crippen molar-refractivity contribution in [2.45, 2.75) is 38.8 Å². The second kappa shape index (κ2) is 5.28. The molecule has 0 saturated carbocycles. The van der Waals surface area contributed by atoms with Gasteiger partial charge in [-0.15, -0.1) is 0 Å². The lowest BCUT2D eigenvalue weighted by atomic mass is 10.0. The molecule has 2 aliphatic rings. The summed E-state index contributed by atoms with van der Waals surface area (Å²) in [4.78, 5) is 2.64. The van der Waals surface area contributed by atoms with E-state index in [0.29, 0.717) is 12.1 Å². The van der Waals surface area contributed by atoms with Gasteiger partial charge >= 0.3 is 0 Å². The first kappa shape index (κ1) is 11.4. The maximum Gasteiger partial charge on any atom is 0.0507 e. The molecule has 0 bridgehead atoms. The van der Waals surface area contributed by atoms with Crippen molar-refractivity contribution in [1.29, 1.82) is 0 Å². The summed E-state index contributed by atoms with van der Waals surface area (Å²) >= 11 is 0. The highest BCUT2D eigenvalue weighted by Gasteiger charge is 2.27. The van der Waals surface area contributed by atoms with Gasteiger partial charge in [-0.3, -0.25) is 4.90 Å². The Morgan fingerprint density at radius 3 is 3.00 bits per heavy atom. The van der Waals surface area contributed by atoms with E-state index in [1.54, 1.807) is 0 Å². The molecule has 0 radical (unpaired) electrons. The van der Waals surface area contributed by atoms with E-state index in [0.717, 1.165) is 25.7 Å². The van der Waals surface area contributed by atoms with E-state index < -0.39 is 0 Å². The quantitative estimate of drug-likeness (QED) is 0.758. The number of piperazine rings is 1. The lowest BCUT2D eigenvalue weighted by molar-refractivity contribution is 0.109. The number of rotatable bonds is 3. The Kier molecular flexibility index (Phi) is 4.00. The number of nitrogens with zero attached hydrogens (tertiary/aromatic N) is 1. The van der Waals surface area contributed by atoms with Crippen molar-refractivity contribution in [2.24, 2.45) is 5.92 Å². The van der Waals surface area contributed by atoms with E-state index in [2.05, 4.69) is 24.1 Å². The molecule has 2 aliphatic heterocycles. The Balaban J connectivity index is 1.82. The molecule has 2 heterocycles. The monoisotopic (exact) mass is 212 g/mol. The summed E-state index contributed by atoms with van der Waals surface area (Å²) in [6.07, 6.45) is 2.50. The second-order valence-corrected chi connectivity index (χ2v) is 5.05. The summed E-state index contributed by atoms with van der Waals surface area (Å²) in [5.41, 5.74) is 0. The molecule has 0 aromatic rings. The fraction of sp³-hybridized carbons (Fsp3) is 1.00. The van der Waals surface area contributed by atoms with Crippen LogP contribution in [0.25, 0.3) is 0 Å². The molecule has 1 N–H and O–H groups in total. The van der Waals surface area contributed by atoms with Crippen LogP contribution in [0.3, 0.4) is 0 Å². The summed E-state index contributed by atoms with van der Waals surface area (Å²) in [6.45, 7) is 10.1. The molecule has 3 heteroatoms. The fourth-order valence-electron chi connectivity index (χ4n) is 2.58. The highest BCUT2D eigenvalue weighted by atomic mass is 16.5. The molecule has 3 atom stereocenters. The van der Waals surface area contributed by atoms with Gasteiger partial charge in [-0.05, 0) is 25.7 Å². The van der Waals surface area contributed by atoms with E-state index in [9.17, 15) is 0 Å². The smallest absolute Gasteiger partial charge is 0.0507 e. The Hall–Kier alpha value is -0.120. The van der Waals surface area contributed by atoms with Crippen LogP contribution in [-0.4, -0.2) is 49.8 Å². The van der Waals surface area contributed by atoms with Gasteiger partial charge in [0.1, 0.15) is 0 Å². The Morgan fingerprint density at radius 2 is 2.33 bits per heavy atom. The predicted octanol–water partition coefficient (Wildman–Crippen LogP) is 1.10. The zero-order valence-corrected chi connectivity index (χ0v) is 10.0. The van der Waals surface area contributed by atoms with Gasteiger partial charge in [0.25, 0.3) is 0 Å². The number of ether oxygens (including phenoxy) is 1. The van der Waals surface area contributed by atoms with Gasteiger partial charge in [0, 0.05) is 38.3 Å². The zero-order chi connectivity index (χ0) is 10.7. The van der Waals surface area contributed by atoms with Crippen LogP contribution in [0, 0.1) is 5.92 Å². The summed E-state index contributed by atoms with van der Waals surface area (Å²) in [7, 11) is 0. The van der Waals surface area contributed by atoms with Gasteiger partial charge < -0.3 is 10.1 Å². The SMILES string of the molecule is CCC1CN(CC2CCOC2)C(C)CN1. The van der Waals surface area contributed by atoms with Crippen LogP contribution < -0.4 is 5.32 Å². The van der Waals surface area contributed by atoms with Crippen molar-refractivity contribution in [3.05, 3.63) is 0 Å². The van der Waals surface area contributed by atoms with Gasteiger partial charge in [-0.2, -0.15) is 0 Å². The molecule has 0 aliphatic carbocycles. The van der Waals surface area contributed by atoms with Crippen LogP contribution in [0.1, 0.15) is 26.7 Å². The maximum atomic E-state index is 5.44. The standard InChI is InChI=1S/C12H24N2O/c1-3-12-8-14(10(2)6-13-12)7-11-4-5-15-9-11/h10-13H,3-9H2,1-2H3. The van der Waals surface area contributed by atoms with Crippen molar-refractivity contribution in [2.75, 3.05) is 32.8 Å². The zero-order valence-electron chi connectivity index (χ0n) is 10.0. The lowest BCUT2D eigenvalue weighted by Gasteiger charge is -2.39. The van der Waals surface area contributed by atoms with Crippen LogP contribution in [0.5, 0.6) is 0 Å². The van der Waals surface area contributed by atoms with Gasteiger partial charge in [-0.25, -0.2) is 0 Å². The molecule has 15 heavy (non-hydrogen) atoms. The first-order valence-corrected chi connectivity index (χ1v) is 6.34. The Morgan fingerprint density at radius 1 is 1.47 bits per heavy atom. The van der Waals surface area contributed by atoms with Crippen molar-refractivity contribution in [3.63, 3.8) is 0 Å². The van der Waals surface area contributed by atoms with Crippen LogP contribution in [0.15, 0.2) is 0 Å². The predicted molar refractivity (Wildman–Crippen MR) is 62.0 cm³/mol. The minimum Gasteiger partial charge on any atom is -0.381 e. The molecular formula is C12H24N2O. The number of hydrogen-bond acceptors (Lipinski definition) is 3. The van der Waals surface area contributed by atoms with Crippen molar-refractivity contribution in [3.8, 4) is 0 Å². The molecule has 2 rings (SSSR count). The normalized spacial score (nSPS) is 38.4. The molecule has 2 saturated heterocycles. The van der Waals surface area contributed by atoms with E-state index >= 15 is 0 Å². The number of nitrogens with one attached hydrogen (secondary N) is 1. The highest BCUT2D eigenvalue weighted by Crippen LogP contribution is 2.17. The van der Waals surface area contributed by atoms with Crippen LogP contribution in [0.4, 0.5) is 0 Å². The first-order chi connectivity index (χ1) is 7.29. The Bertz CT molecular complexity index is 192. The lowest BCUT2D eigenvalue weighted by Crippen LogP contribution is -2.56. The summed E-state index contributed by atoms with van der Waals surface area (Å²) in [6, 6.07) is 1.39. The second-order valence-electron chi connectivity index (χ2n) is 5.05. The average Bonchev–Trinajstić information content (AvgIpc) is 2.74. The van der Waals surface area contributed by atoms with Crippen LogP contribution in [-0.2, 0) is 4.74 Å². The fourth-order valence-corrected chi connectivity index (χ4v) is 2.58. The molecule has 3 unspecified atom stereocenters. The molecule has 88 valence electrons. The third-order valence-corrected chi connectivity index (χ3v) is 3.79. The molecule has 2 fully saturated rings. The van der Waals surface area contributed by atoms with Crippen LogP contribution in [0.2, 0.25) is 0 Å². The molecule has 0 amide bonds. The summed E-state index contributed by atoms with van der Waals surface area (Å²) in [5, 5.41) is 3.60. The van der Waals surface area contributed by atoms with Gasteiger partial charge in [0.05, 0.1) is 6.61 Å². The highest BCUT2D eigenvalue weighted by molar-refractivity contribution is 4.84. The third kappa shape index (κ3) is 2.92. The Labute approximate surface area is 93.2 Å². The van der Waals surface area contributed by atoms with Crippen LogP contribution >= 0.6 is 0 Å². The van der Waals surface area contributed by atoms with Gasteiger partial charge in [0.15, 0.2) is 0 Å². The average molecular weight is 212 g/mol. The first-order valence-electron chi connectivity index (χ1n) is 6.34. The summed E-state index contributed by atoms with van der Waals surface area (Å²) < 4.78 is 5.44. The molecule has 3 nitrogen and oxygen atoms in total. The maximum absolute atomic E-state index is 5.44. The third-order valence-electron chi connectivity index (χ3n) is 3.79. The minimum absolute atomic E-state index is 0.688. The van der Waals surface area contributed by atoms with Crippen molar-refractivity contribution < 1.29 is 4.74 Å². The minimum atomic E-state index is 0.688. The molecule has 0 spiro atoms. The number of hydrogen-bond donors (Lipinski definition) is 1.